The molecule has 1 aromatic carbocycles. The first-order chi connectivity index (χ1) is 13.8. The molecule has 0 bridgehead atoms. The smallest absolute Gasteiger partial charge is 0.317 e. The number of benzene rings is 1. The molecule has 29 heavy (non-hydrogen) atoms. The fourth-order valence-corrected chi connectivity index (χ4v) is 3.88. The maximum atomic E-state index is 12.6. The highest BCUT2D eigenvalue weighted by Gasteiger charge is 2.33. The van der Waals surface area contributed by atoms with Gasteiger partial charge in [-0.25, -0.2) is 9.97 Å². The molecule has 0 N–H and O–H groups in total. The molecule has 0 aliphatic carbocycles. The molecule has 0 radical (unpaired) electrons. The number of aryl methyl sites for hydroxylation is 2. The van der Waals surface area contributed by atoms with E-state index in [9.17, 15) is 4.79 Å². The Morgan fingerprint density at radius 1 is 1.28 bits per heavy atom. The second-order valence-corrected chi connectivity index (χ2v) is 8.37. The Balaban J connectivity index is 1.32. The number of carbonyl (C=O) groups excluding carboxylic acids is 1. The Bertz CT molecular complexity index is 908. The Hall–Kier alpha value is -2.83. The van der Waals surface area contributed by atoms with E-state index in [4.69, 9.17) is 14.2 Å². The minimum atomic E-state index is -0.248. The van der Waals surface area contributed by atoms with Crippen molar-refractivity contribution in [3.63, 3.8) is 0 Å². The summed E-state index contributed by atoms with van der Waals surface area (Å²) in [5, 5.41) is 0. The van der Waals surface area contributed by atoms with Gasteiger partial charge in [-0.15, -0.1) is 0 Å². The Morgan fingerprint density at radius 3 is 2.79 bits per heavy atom. The summed E-state index contributed by atoms with van der Waals surface area (Å²) in [6.07, 6.45) is 1.48. The number of amides is 1. The summed E-state index contributed by atoms with van der Waals surface area (Å²) >= 11 is 0. The predicted octanol–water partition coefficient (Wildman–Crippen LogP) is 2.87. The molecule has 0 unspecified atom stereocenters. The zero-order valence-corrected chi connectivity index (χ0v) is 17.4. The van der Waals surface area contributed by atoms with Crippen LogP contribution in [0.2, 0.25) is 0 Å². The fourth-order valence-electron chi connectivity index (χ4n) is 3.88. The molecule has 1 fully saturated rings. The number of carbonyl (C=O) groups is 1. The molecule has 2 aliphatic rings. The van der Waals surface area contributed by atoms with E-state index in [2.05, 4.69) is 9.97 Å². The van der Waals surface area contributed by atoms with Gasteiger partial charge in [0.25, 0.3) is 5.91 Å². The molecule has 154 valence electrons. The molecule has 1 saturated heterocycles. The second kappa shape index (κ2) is 7.54. The molecule has 3 heterocycles. The molecule has 2 aliphatic heterocycles. The van der Waals surface area contributed by atoms with E-state index in [1.165, 1.54) is 0 Å². The number of fused-ring (bicyclic) bond motifs is 1. The van der Waals surface area contributed by atoms with Crippen molar-refractivity contribution in [3.05, 3.63) is 41.2 Å². The van der Waals surface area contributed by atoms with Gasteiger partial charge in [-0.05, 0) is 39.8 Å². The third-order valence-electron chi connectivity index (χ3n) is 5.14. The van der Waals surface area contributed by atoms with E-state index in [0.717, 1.165) is 35.5 Å². The van der Waals surface area contributed by atoms with E-state index < -0.39 is 0 Å². The van der Waals surface area contributed by atoms with Crippen molar-refractivity contribution < 1.29 is 19.0 Å². The van der Waals surface area contributed by atoms with Gasteiger partial charge in [-0.3, -0.25) is 4.79 Å². The summed E-state index contributed by atoms with van der Waals surface area (Å²) in [5.41, 5.74) is 2.60. The van der Waals surface area contributed by atoms with E-state index in [-0.39, 0.29) is 24.2 Å². The lowest BCUT2D eigenvalue weighted by atomic mass is 10.0. The Kier molecular flexibility index (Phi) is 5.06. The molecule has 2 aromatic rings. The molecule has 1 atom stereocenters. The Morgan fingerprint density at radius 2 is 2.03 bits per heavy atom. The summed E-state index contributed by atoms with van der Waals surface area (Å²) < 4.78 is 17.7. The lowest BCUT2D eigenvalue weighted by Gasteiger charge is -2.19. The van der Waals surface area contributed by atoms with Gasteiger partial charge in [0.05, 0.1) is 6.54 Å². The first-order valence-electron chi connectivity index (χ1n) is 9.99. The van der Waals surface area contributed by atoms with Crippen molar-refractivity contribution in [1.29, 1.82) is 0 Å². The average Bonchev–Trinajstić information content (AvgIpc) is 3.21. The van der Waals surface area contributed by atoms with Crippen LogP contribution in [0.25, 0.3) is 0 Å². The van der Waals surface area contributed by atoms with Crippen molar-refractivity contribution in [3.8, 4) is 17.5 Å². The minimum absolute atomic E-state index is 0.0208. The third kappa shape index (κ3) is 4.44. The van der Waals surface area contributed by atoms with Crippen molar-refractivity contribution in [2.24, 2.45) is 0 Å². The van der Waals surface area contributed by atoms with Crippen LogP contribution in [0.4, 0.5) is 0 Å². The summed E-state index contributed by atoms with van der Waals surface area (Å²) in [6.45, 7) is 9.04. The number of ether oxygens (including phenoxy) is 3. The summed E-state index contributed by atoms with van der Waals surface area (Å²) in [4.78, 5) is 23.0. The van der Waals surface area contributed by atoms with Crippen LogP contribution in [0.3, 0.4) is 0 Å². The van der Waals surface area contributed by atoms with Gasteiger partial charge < -0.3 is 19.1 Å². The lowest BCUT2D eigenvalue weighted by molar-refractivity contribution is -0.132. The van der Waals surface area contributed by atoms with Crippen molar-refractivity contribution in [1.82, 2.24) is 14.9 Å². The van der Waals surface area contributed by atoms with Gasteiger partial charge in [-0.2, -0.15) is 0 Å². The number of hydrogen-bond acceptors (Lipinski definition) is 6. The van der Waals surface area contributed by atoms with Gasteiger partial charge in [0, 0.05) is 36.3 Å². The predicted molar refractivity (Wildman–Crippen MR) is 107 cm³/mol. The van der Waals surface area contributed by atoms with Crippen LogP contribution < -0.4 is 14.2 Å². The highest BCUT2D eigenvalue weighted by Crippen LogP contribution is 2.41. The molecule has 0 spiro atoms. The van der Waals surface area contributed by atoms with Crippen LogP contribution in [0.5, 0.6) is 17.5 Å². The van der Waals surface area contributed by atoms with Crippen molar-refractivity contribution >= 4 is 5.91 Å². The summed E-state index contributed by atoms with van der Waals surface area (Å²) in [6, 6.07) is 8.10. The molecular formula is C22H27N3O4. The van der Waals surface area contributed by atoms with Crippen molar-refractivity contribution in [2.75, 3.05) is 19.7 Å². The molecular weight excluding hydrogens is 370 g/mol. The number of aromatic nitrogens is 2. The van der Waals surface area contributed by atoms with Gasteiger partial charge >= 0.3 is 6.01 Å². The van der Waals surface area contributed by atoms with Crippen LogP contribution in [0.1, 0.15) is 37.2 Å². The SMILES string of the molecule is Cc1cc(C)nc(O[C@H]2CCN(C(=O)COc3cccc4c3OC(C)(C)C4)C2)n1. The number of nitrogens with zero attached hydrogens (tertiary/aromatic N) is 3. The van der Waals surface area contributed by atoms with Gasteiger partial charge in [0.1, 0.15) is 11.7 Å². The first-order valence-corrected chi connectivity index (χ1v) is 9.99. The van der Waals surface area contributed by atoms with Gasteiger partial charge in [0.2, 0.25) is 0 Å². The van der Waals surface area contributed by atoms with Crippen LogP contribution in [0.15, 0.2) is 24.3 Å². The van der Waals surface area contributed by atoms with E-state index >= 15 is 0 Å². The largest absolute Gasteiger partial charge is 0.483 e. The lowest BCUT2D eigenvalue weighted by Crippen LogP contribution is -2.34. The normalized spacial score (nSPS) is 19.6. The quantitative estimate of drug-likeness (QED) is 0.772. The molecule has 1 aromatic heterocycles. The maximum Gasteiger partial charge on any atom is 0.317 e. The zero-order valence-electron chi connectivity index (χ0n) is 17.4. The standard InChI is InChI=1S/C22H27N3O4/c1-14-10-15(2)24-21(23-14)28-17-8-9-25(12-17)19(26)13-27-18-7-5-6-16-11-22(3,4)29-20(16)18/h5-7,10,17H,8-9,11-13H2,1-4H3/t17-/m0/s1. The zero-order chi connectivity index (χ0) is 20.6. The van der Waals surface area contributed by atoms with Crippen molar-refractivity contribution in [2.45, 2.75) is 52.2 Å². The van der Waals surface area contributed by atoms with E-state index in [1.807, 2.05) is 52.0 Å². The van der Waals surface area contributed by atoms with E-state index in [0.29, 0.717) is 24.8 Å². The average molecular weight is 397 g/mol. The number of para-hydroxylation sites is 1. The molecule has 1 amide bonds. The van der Waals surface area contributed by atoms with Crippen LogP contribution in [-0.2, 0) is 11.2 Å². The number of rotatable bonds is 5. The molecule has 0 saturated carbocycles. The maximum absolute atomic E-state index is 12.6. The summed E-state index contributed by atoms with van der Waals surface area (Å²) in [7, 11) is 0. The van der Waals surface area contributed by atoms with Gasteiger partial charge in [0.15, 0.2) is 18.1 Å². The number of likely N-dealkylation sites (tertiary alicyclic amines) is 1. The third-order valence-corrected chi connectivity index (χ3v) is 5.14. The highest BCUT2D eigenvalue weighted by molar-refractivity contribution is 5.78. The van der Waals surface area contributed by atoms with Crippen LogP contribution >= 0.6 is 0 Å². The molecule has 7 nitrogen and oxygen atoms in total. The Labute approximate surface area is 171 Å². The summed E-state index contributed by atoms with van der Waals surface area (Å²) in [5.74, 6) is 1.31. The minimum Gasteiger partial charge on any atom is -0.483 e. The number of hydrogen-bond donors (Lipinski definition) is 0. The van der Waals surface area contributed by atoms with E-state index in [1.54, 1.807) is 4.90 Å². The second-order valence-electron chi connectivity index (χ2n) is 8.37. The monoisotopic (exact) mass is 397 g/mol. The van der Waals surface area contributed by atoms with Crippen LogP contribution in [-0.4, -0.2) is 52.2 Å². The van der Waals surface area contributed by atoms with Crippen LogP contribution in [0, 0.1) is 13.8 Å². The molecule has 7 heteroatoms. The first kappa shape index (κ1) is 19.5. The molecule has 4 rings (SSSR count). The van der Waals surface area contributed by atoms with Gasteiger partial charge in [-0.1, -0.05) is 12.1 Å². The fraction of sp³-hybridized carbons (Fsp3) is 0.500. The topological polar surface area (TPSA) is 73.8 Å². The highest BCUT2D eigenvalue weighted by atomic mass is 16.5.